The topological polar surface area (TPSA) is 85.4 Å². The van der Waals surface area contributed by atoms with E-state index >= 15 is 0 Å². The van der Waals surface area contributed by atoms with Gasteiger partial charge >= 0.3 is 6.03 Å². The Morgan fingerprint density at radius 1 is 1.19 bits per heavy atom. The highest BCUT2D eigenvalue weighted by atomic mass is 35.5. The Morgan fingerprint density at radius 2 is 2.00 bits per heavy atom. The van der Waals surface area contributed by atoms with Gasteiger partial charge in [-0.2, -0.15) is 0 Å². The summed E-state index contributed by atoms with van der Waals surface area (Å²) in [6.07, 6.45) is 0. The summed E-state index contributed by atoms with van der Waals surface area (Å²) in [5, 5.41) is 5.43. The molecule has 0 bridgehead atoms. The third kappa shape index (κ3) is 3.14. The summed E-state index contributed by atoms with van der Waals surface area (Å²) in [5.41, 5.74) is 1.23. The molecule has 2 N–H and O–H groups in total. The maximum absolute atomic E-state index is 11.9. The number of amides is 2. The van der Waals surface area contributed by atoms with Crippen LogP contribution in [0.1, 0.15) is 5.69 Å². The van der Waals surface area contributed by atoms with Crippen LogP contribution in [0.5, 0.6) is 11.5 Å². The van der Waals surface area contributed by atoms with Crippen LogP contribution < -0.4 is 20.1 Å². The zero-order valence-electron chi connectivity index (χ0n) is 11.0. The molecule has 1 aromatic carbocycles. The van der Waals surface area contributed by atoms with E-state index in [1.165, 1.54) is 0 Å². The van der Waals surface area contributed by atoms with Crippen molar-refractivity contribution in [3.05, 3.63) is 35.1 Å². The van der Waals surface area contributed by atoms with E-state index in [-0.39, 0.29) is 17.9 Å². The van der Waals surface area contributed by atoms with Gasteiger partial charge in [-0.1, -0.05) is 11.6 Å². The van der Waals surface area contributed by atoms with Crippen LogP contribution in [0.15, 0.2) is 24.3 Å². The smallest absolute Gasteiger partial charge is 0.326 e. The molecule has 21 heavy (non-hydrogen) atoms. The molecule has 2 amide bonds. The minimum atomic E-state index is -0.476. The molecular formula is C13H11ClN4O3. The summed E-state index contributed by atoms with van der Waals surface area (Å²) in [4.78, 5) is 19.9. The molecule has 3 rings (SSSR count). The second-order valence-electron chi connectivity index (χ2n) is 4.30. The van der Waals surface area contributed by atoms with E-state index in [4.69, 9.17) is 21.1 Å². The van der Waals surface area contributed by atoms with Crippen molar-refractivity contribution in [1.29, 1.82) is 0 Å². The largest absolute Gasteiger partial charge is 0.454 e. The van der Waals surface area contributed by atoms with Crippen molar-refractivity contribution in [2.24, 2.45) is 0 Å². The Balaban J connectivity index is 1.69. The van der Waals surface area contributed by atoms with E-state index in [0.717, 1.165) is 0 Å². The number of hydrogen-bond donors (Lipinski definition) is 2. The summed E-state index contributed by atoms with van der Waals surface area (Å²) in [6.45, 7) is 1.94. The molecule has 0 unspecified atom stereocenters. The quantitative estimate of drug-likeness (QED) is 0.833. The van der Waals surface area contributed by atoms with Crippen LogP contribution in [0, 0.1) is 6.92 Å². The molecule has 0 radical (unpaired) electrons. The van der Waals surface area contributed by atoms with Crippen molar-refractivity contribution in [3.63, 3.8) is 0 Å². The van der Waals surface area contributed by atoms with Crippen molar-refractivity contribution in [2.75, 3.05) is 17.4 Å². The van der Waals surface area contributed by atoms with Gasteiger partial charge in [-0.25, -0.2) is 14.8 Å². The maximum Gasteiger partial charge on any atom is 0.326 e. The summed E-state index contributed by atoms with van der Waals surface area (Å²) in [5.74, 6) is 1.37. The van der Waals surface area contributed by atoms with E-state index in [0.29, 0.717) is 22.9 Å². The molecule has 2 heterocycles. The van der Waals surface area contributed by atoms with Crippen LogP contribution in [0.4, 0.5) is 16.4 Å². The Morgan fingerprint density at radius 3 is 2.81 bits per heavy atom. The van der Waals surface area contributed by atoms with Crippen molar-refractivity contribution < 1.29 is 14.3 Å². The molecule has 0 aliphatic carbocycles. The monoisotopic (exact) mass is 306 g/mol. The molecule has 7 nitrogen and oxygen atoms in total. The SMILES string of the molecule is Cc1cc(Cl)nc(NC(=O)Nc2ccc3c(c2)OCO3)n1. The predicted molar refractivity (Wildman–Crippen MR) is 77.0 cm³/mol. The Hall–Kier alpha value is -2.54. The number of carbonyl (C=O) groups excluding carboxylic acids is 1. The van der Waals surface area contributed by atoms with Crippen LogP contribution in [0.25, 0.3) is 0 Å². The highest BCUT2D eigenvalue weighted by molar-refractivity contribution is 6.29. The van der Waals surface area contributed by atoms with Gasteiger partial charge < -0.3 is 14.8 Å². The van der Waals surface area contributed by atoms with Gasteiger partial charge in [0.2, 0.25) is 12.7 Å². The normalized spacial score (nSPS) is 12.1. The van der Waals surface area contributed by atoms with Gasteiger partial charge in [-0.05, 0) is 25.1 Å². The zero-order chi connectivity index (χ0) is 14.8. The number of rotatable bonds is 2. The lowest BCUT2D eigenvalue weighted by Crippen LogP contribution is -2.21. The molecular weight excluding hydrogens is 296 g/mol. The number of ether oxygens (including phenoxy) is 2. The van der Waals surface area contributed by atoms with Crippen molar-refractivity contribution >= 4 is 29.3 Å². The Labute approximate surface area is 125 Å². The molecule has 8 heteroatoms. The Bertz CT molecular complexity index is 688. The third-order valence-corrected chi connectivity index (χ3v) is 2.87. The molecule has 2 aromatic rings. The maximum atomic E-state index is 11.9. The number of nitrogens with zero attached hydrogens (tertiary/aromatic N) is 2. The minimum Gasteiger partial charge on any atom is -0.454 e. The average Bonchev–Trinajstić information content (AvgIpc) is 2.84. The van der Waals surface area contributed by atoms with Crippen LogP contribution in [0.3, 0.4) is 0 Å². The molecule has 1 aliphatic heterocycles. The fraction of sp³-hybridized carbons (Fsp3) is 0.154. The first-order valence-electron chi connectivity index (χ1n) is 6.09. The van der Waals surface area contributed by atoms with E-state index in [1.807, 2.05) is 0 Å². The van der Waals surface area contributed by atoms with E-state index in [9.17, 15) is 4.79 Å². The second-order valence-corrected chi connectivity index (χ2v) is 4.69. The van der Waals surface area contributed by atoms with Crippen molar-refractivity contribution in [1.82, 2.24) is 9.97 Å². The highest BCUT2D eigenvalue weighted by Crippen LogP contribution is 2.34. The first kappa shape index (κ1) is 13.4. The number of hydrogen-bond acceptors (Lipinski definition) is 5. The second kappa shape index (κ2) is 5.45. The molecule has 108 valence electrons. The molecule has 0 saturated heterocycles. The van der Waals surface area contributed by atoms with Gasteiger partial charge in [0, 0.05) is 17.4 Å². The first-order valence-corrected chi connectivity index (χ1v) is 6.47. The van der Waals surface area contributed by atoms with E-state index in [2.05, 4.69) is 20.6 Å². The third-order valence-electron chi connectivity index (χ3n) is 2.68. The van der Waals surface area contributed by atoms with Gasteiger partial charge in [0.15, 0.2) is 11.5 Å². The van der Waals surface area contributed by atoms with Gasteiger partial charge in [0.05, 0.1) is 0 Å². The van der Waals surface area contributed by atoms with Crippen LogP contribution in [-0.2, 0) is 0 Å². The molecule has 0 fully saturated rings. The highest BCUT2D eigenvalue weighted by Gasteiger charge is 2.14. The van der Waals surface area contributed by atoms with Gasteiger partial charge in [0.25, 0.3) is 0 Å². The lowest BCUT2D eigenvalue weighted by molar-refractivity contribution is 0.174. The number of aromatic nitrogens is 2. The number of benzene rings is 1. The number of fused-ring (bicyclic) bond motifs is 1. The number of urea groups is 1. The van der Waals surface area contributed by atoms with Crippen LogP contribution >= 0.6 is 11.6 Å². The van der Waals surface area contributed by atoms with Gasteiger partial charge in [-0.3, -0.25) is 5.32 Å². The molecule has 0 spiro atoms. The minimum absolute atomic E-state index is 0.137. The molecule has 0 atom stereocenters. The zero-order valence-corrected chi connectivity index (χ0v) is 11.8. The lowest BCUT2D eigenvalue weighted by Gasteiger charge is -2.07. The lowest BCUT2D eigenvalue weighted by atomic mass is 10.3. The fourth-order valence-electron chi connectivity index (χ4n) is 1.82. The average molecular weight is 307 g/mol. The van der Waals surface area contributed by atoms with Crippen LogP contribution in [-0.4, -0.2) is 22.8 Å². The summed E-state index contributed by atoms with van der Waals surface area (Å²) in [6, 6.07) is 6.22. The van der Waals surface area contributed by atoms with Crippen molar-refractivity contribution in [3.8, 4) is 11.5 Å². The van der Waals surface area contributed by atoms with Gasteiger partial charge in [-0.15, -0.1) is 0 Å². The number of anilines is 2. The summed E-state index contributed by atoms with van der Waals surface area (Å²) < 4.78 is 10.4. The fourth-order valence-corrected chi connectivity index (χ4v) is 2.06. The standard InChI is InChI=1S/C13H11ClN4O3/c1-7-4-11(14)17-12(15-7)18-13(19)16-8-2-3-9-10(5-8)21-6-20-9/h2-5H,6H2,1H3,(H2,15,16,17,18,19). The number of aryl methyl sites for hydroxylation is 1. The molecule has 1 aliphatic rings. The predicted octanol–water partition coefficient (Wildman–Crippen LogP) is 2.81. The molecule has 0 saturated carbocycles. The molecule has 1 aromatic heterocycles. The number of halogens is 1. The summed E-state index contributed by atoms with van der Waals surface area (Å²) >= 11 is 5.80. The van der Waals surface area contributed by atoms with Crippen LogP contribution in [0.2, 0.25) is 5.15 Å². The first-order chi connectivity index (χ1) is 10.1. The van der Waals surface area contributed by atoms with E-state index in [1.54, 1.807) is 31.2 Å². The van der Waals surface area contributed by atoms with Gasteiger partial charge in [0.1, 0.15) is 5.15 Å². The summed E-state index contributed by atoms with van der Waals surface area (Å²) in [7, 11) is 0. The van der Waals surface area contributed by atoms with Crippen molar-refractivity contribution in [2.45, 2.75) is 6.92 Å². The number of nitrogens with one attached hydrogen (secondary N) is 2. The Kier molecular flexibility index (Phi) is 3.49. The number of carbonyl (C=O) groups is 1. The van der Waals surface area contributed by atoms with E-state index < -0.39 is 6.03 Å².